The average Bonchev–Trinajstić information content (AvgIpc) is 3.40. The Balaban J connectivity index is 1.29. The number of aliphatic hydroxyl groups is 1. The number of benzene rings is 1. The summed E-state index contributed by atoms with van der Waals surface area (Å²) in [6.07, 6.45) is 3.89. The number of pyridine rings is 1. The van der Waals surface area contributed by atoms with Crippen LogP contribution in [0.5, 0.6) is 5.75 Å². The Morgan fingerprint density at radius 1 is 1.29 bits per heavy atom. The summed E-state index contributed by atoms with van der Waals surface area (Å²) >= 11 is 0. The molecule has 5 rings (SSSR count). The second-order valence-corrected chi connectivity index (χ2v) is 7.37. The number of ether oxygens (including phenoxy) is 2. The average molecular weight is 416 g/mol. The monoisotopic (exact) mass is 416 g/mol. The molecule has 31 heavy (non-hydrogen) atoms. The molecule has 1 aromatic carbocycles. The predicted octanol–water partition coefficient (Wildman–Crippen LogP) is 2.62. The normalized spacial score (nSPS) is 20.7. The fourth-order valence-electron chi connectivity index (χ4n) is 3.87. The molecule has 1 aliphatic rings. The predicted molar refractivity (Wildman–Crippen MR) is 114 cm³/mol. The molecule has 3 unspecified atom stereocenters. The molecule has 0 radical (unpaired) electrons. The van der Waals surface area contributed by atoms with Crippen molar-refractivity contribution in [3.8, 4) is 11.8 Å². The Morgan fingerprint density at radius 3 is 3.03 bits per heavy atom. The van der Waals surface area contributed by atoms with Gasteiger partial charge < -0.3 is 24.5 Å². The molecule has 0 bridgehead atoms. The highest BCUT2D eigenvalue weighted by Crippen LogP contribution is 2.33. The van der Waals surface area contributed by atoms with E-state index in [4.69, 9.17) is 14.7 Å². The zero-order chi connectivity index (χ0) is 21.4. The highest BCUT2D eigenvalue weighted by molar-refractivity contribution is 5.87. The molecule has 1 saturated heterocycles. The van der Waals surface area contributed by atoms with Crippen molar-refractivity contribution in [2.45, 2.75) is 24.9 Å². The van der Waals surface area contributed by atoms with E-state index in [-0.39, 0.29) is 12.8 Å². The van der Waals surface area contributed by atoms with Crippen molar-refractivity contribution in [2.24, 2.45) is 0 Å². The fraction of sp³-hybridized carbons (Fsp3) is 0.273. The number of nitrogens with one attached hydrogen (secondary N) is 1. The molecule has 1 aliphatic heterocycles. The van der Waals surface area contributed by atoms with Crippen LogP contribution in [0.1, 0.15) is 18.2 Å². The zero-order valence-corrected chi connectivity index (χ0v) is 16.8. The lowest BCUT2D eigenvalue weighted by Gasteiger charge is -2.17. The number of rotatable bonds is 5. The highest BCUT2D eigenvalue weighted by Gasteiger charge is 2.36. The fourth-order valence-corrected chi connectivity index (χ4v) is 3.87. The van der Waals surface area contributed by atoms with E-state index in [2.05, 4.69) is 26.3 Å². The minimum atomic E-state index is -0.662. The molecule has 156 valence electrons. The van der Waals surface area contributed by atoms with Gasteiger partial charge in [0.15, 0.2) is 0 Å². The van der Waals surface area contributed by atoms with Gasteiger partial charge in [-0.1, -0.05) is 0 Å². The number of hydrogen-bond donors (Lipinski definition) is 2. The van der Waals surface area contributed by atoms with Crippen LogP contribution in [0.15, 0.2) is 49.1 Å². The van der Waals surface area contributed by atoms with E-state index in [1.54, 1.807) is 6.07 Å². The summed E-state index contributed by atoms with van der Waals surface area (Å²) in [5.41, 5.74) is 2.00. The Bertz CT molecular complexity index is 1300. The van der Waals surface area contributed by atoms with Gasteiger partial charge in [0.05, 0.1) is 22.6 Å². The van der Waals surface area contributed by atoms with Gasteiger partial charge in [0, 0.05) is 37.3 Å². The summed E-state index contributed by atoms with van der Waals surface area (Å²) < 4.78 is 13.9. The number of hydrogen-bond acceptors (Lipinski definition) is 8. The van der Waals surface area contributed by atoms with Crippen molar-refractivity contribution in [1.29, 1.82) is 5.26 Å². The van der Waals surface area contributed by atoms with Crippen molar-refractivity contribution in [3.63, 3.8) is 0 Å². The molecule has 3 aromatic heterocycles. The smallest absolute Gasteiger partial charge is 0.147 e. The molecule has 4 heterocycles. The molecular formula is C22H20N6O3. The molecule has 0 spiro atoms. The molecule has 3 atom stereocenters. The molecule has 0 saturated carbocycles. The number of nitriles is 1. The highest BCUT2D eigenvalue weighted by atomic mass is 16.6. The Kier molecular flexibility index (Phi) is 4.86. The lowest BCUT2D eigenvalue weighted by atomic mass is 10.1. The molecule has 0 amide bonds. The first kappa shape index (κ1) is 19.2. The van der Waals surface area contributed by atoms with E-state index in [9.17, 15) is 5.11 Å². The third kappa shape index (κ3) is 3.52. The summed E-state index contributed by atoms with van der Waals surface area (Å²) in [5.74, 6) is 1.37. The van der Waals surface area contributed by atoms with Gasteiger partial charge in [0.25, 0.3) is 0 Å². The Hall–Kier alpha value is -3.74. The van der Waals surface area contributed by atoms with Crippen molar-refractivity contribution >= 4 is 27.8 Å². The van der Waals surface area contributed by atoms with E-state index in [1.165, 1.54) is 12.5 Å². The SMILES string of the molecule is CNc1ncnc2c1ccn2C1CC(O)C(COc2ccc3cc(C#N)cnc3c2)O1. The van der Waals surface area contributed by atoms with Gasteiger partial charge in [-0.3, -0.25) is 4.98 Å². The maximum Gasteiger partial charge on any atom is 0.147 e. The number of nitrogens with zero attached hydrogens (tertiary/aromatic N) is 5. The number of aliphatic hydroxyl groups excluding tert-OH is 1. The van der Waals surface area contributed by atoms with Gasteiger partial charge in [-0.25, -0.2) is 9.97 Å². The first-order valence-electron chi connectivity index (χ1n) is 9.92. The maximum atomic E-state index is 10.5. The topological polar surface area (TPSA) is 118 Å². The minimum Gasteiger partial charge on any atom is -0.491 e. The van der Waals surface area contributed by atoms with E-state index in [0.717, 1.165) is 27.8 Å². The summed E-state index contributed by atoms with van der Waals surface area (Å²) in [5, 5.41) is 24.3. The van der Waals surface area contributed by atoms with Crippen molar-refractivity contribution in [2.75, 3.05) is 19.0 Å². The standard InChI is InChI=1S/C22H20N6O3/c1-24-21-16-4-5-28(22(16)27-12-26-21)20-8-18(29)19(31-20)11-30-15-3-2-14-6-13(9-23)10-25-17(14)7-15/h2-7,10,12,18-20,29H,8,11H2,1H3,(H,24,26,27). The van der Waals surface area contributed by atoms with E-state index < -0.39 is 12.2 Å². The third-order valence-electron chi connectivity index (χ3n) is 5.46. The summed E-state index contributed by atoms with van der Waals surface area (Å²) in [7, 11) is 1.81. The second kappa shape index (κ2) is 7.83. The molecule has 9 nitrogen and oxygen atoms in total. The van der Waals surface area contributed by atoms with Gasteiger partial charge in [0.2, 0.25) is 0 Å². The molecule has 2 N–H and O–H groups in total. The Morgan fingerprint density at radius 2 is 2.19 bits per heavy atom. The van der Waals surface area contributed by atoms with Crippen LogP contribution in [0.2, 0.25) is 0 Å². The number of fused-ring (bicyclic) bond motifs is 2. The first-order chi connectivity index (χ1) is 15.2. The lowest BCUT2D eigenvalue weighted by molar-refractivity contribution is -0.0379. The molecule has 9 heteroatoms. The Labute approximate surface area is 177 Å². The van der Waals surface area contributed by atoms with Crippen LogP contribution in [0, 0.1) is 11.3 Å². The van der Waals surface area contributed by atoms with Crippen LogP contribution < -0.4 is 10.1 Å². The third-order valence-corrected chi connectivity index (χ3v) is 5.46. The van der Waals surface area contributed by atoms with Gasteiger partial charge in [-0.05, 0) is 24.3 Å². The molecule has 0 aliphatic carbocycles. The van der Waals surface area contributed by atoms with E-state index in [0.29, 0.717) is 17.7 Å². The maximum absolute atomic E-state index is 10.5. The van der Waals surface area contributed by atoms with E-state index >= 15 is 0 Å². The zero-order valence-electron chi connectivity index (χ0n) is 16.8. The molecule has 4 aromatic rings. The van der Waals surface area contributed by atoms with Crippen molar-refractivity contribution in [3.05, 3.63) is 54.6 Å². The summed E-state index contributed by atoms with van der Waals surface area (Å²) in [6.45, 7) is 0.204. The van der Waals surface area contributed by atoms with Crippen LogP contribution in [-0.2, 0) is 4.74 Å². The van der Waals surface area contributed by atoms with Crippen LogP contribution in [0.25, 0.3) is 21.9 Å². The lowest BCUT2D eigenvalue weighted by Crippen LogP contribution is -2.28. The van der Waals surface area contributed by atoms with E-state index in [1.807, 2.05) is 42.1 Å². The number of anilines is 1. The first-order valence-corrected chi connectivity index (χ1v) is 9.92. The largest absolute Gasteiger partial charge is 0.491 e. The van der Waals surface area contributed by atoms with Crippen LogP contribution in [0.4, 0.5) is 5.82 Å². The van der Waals surface area contributed by atoms with Gasteiger partial charge in [-0.15, -0.1) is 0 Å². The second-order valence-electron chi connectivity index (χ2n) is 7.37. The van der Waals surface area contributed by atoms with Crippen LogP contribution in [-0.4, -0.2) is 50.5 Å². The summed E-state index contributed by atoms with van der Waals surface area (Å²) in [4.78, 5) is 12.9. The molecular weight excluding hydrogens is 396 g/mol. The van der Waals surface area contributed by atoms with Crippen molar-refractivity contribution in [1.82, 2.24) is 19.5 Å². The quantitative estimate of drug-likeness (QED) is 0.510. The van der Waals surface area contributed by atoms with Gasteiger partial charge in [-0.2, -0.15) is 5.26 Å². The van der Waals surface area contributed by atoms with Crippen LogP contribution >= 0.6 is 0 Å². The molecule has 1 fully saturated rings. The van der Waals surface area contributed by atoms with Crippen LogP contribution in [0.3, 0.4) is 0 Å². The van der Waals surface area contributed by atoms with Crippen molar-refractivity contribution < 1.29 is 14.6 Å². The van der Waals surface area contributed by atoms with Gasteiger partial charge >= 0.3 is 0 Å². The minimum absolute atomic E-state index is 0.204. The number of aromatic nitrogens is 4. The summed E-state index contributed by atoms with van der Waals surface area (Å²) in [6, 6.07) is 11.3. The van der Waals surface area contributed by atoms with Gasteiger partial charge in [0.1, 0.15) is 48.5 Å².